The Labute approximate surface area is 127 Å². The van der Waals surface area contributed by atoms with E-state index in [2.05, 4.69) is 24.8 Å². The number of benzene rings is 1. The summed E-state index contributed by atoms with van der Waals surface area (Å²) in [5.41, 5.74) is 7.15. The summed E-state index contributed by atoms with van der Waals surface area (Å²) >= 11 is 0. The summed E-state index contributed by atoms with van der Waals surface area (Å²) in [6.07, 6.45) is 0.215. The van der Waals surface area contributed by atoms with Gasteiger partial charge in [-0.1, -0.05) is 12.1 Å². The van der Waals surface area contributed by atoms with Crippen LogP contribution in [0.15, 0.2) is 18.2 Å². The van der Waals surface area contributed by atoms with Gasteiger partial charge in [0, 0.05) is 24.7 Å². The Bertz CT molecular complexity index is 467. The van der Waals surface area contributed by atoms with Crippen molar-refractivity contribution in [3.05, 3.63) is 23.8 Å². The van der Waals surface area contributed by atoms with Gasteiger partial charge in [0.05, 0.1) is 33.0 Å². The highest BCUT2D eigenvalue weighted by molar-refractivity contribution is 5.48. The number of nitrogens with two attached hydrogens (primary N) is 1. The first kappa shape index (κ1) is 16.1. The van der Waals surface area contributed by atoms with E-state index in [0.29, 0.717) is 12.6 Å². The minimum Gasteiger partial charge on any atom is -0.493 e. The summed E-state index contributed by atoms with van der Waals surface area (Å²) in [5, 5.41) is 0. The Kier molecular flexibility index (Phi) is 5.45. The molecule has 0 aromatic heterocycles. The molecule has 3 unspecified atom stereocenters. The molecule has 0 amide bonds. The smallest absolute Gasteiger partial charge is 0.165 e. The molecule has 1 fully saturated rings. The molecule has 1 aliphatic rings. The van der Waals surface area contributed by atoms with E-state index in [4.69, 9.17) is 19.9 Å². The molecule has 3 atom stereocenters. The van der Waals surface area contributed by atoms with Crippen molar-refractivity contribution in [2.75, 3.05) is 33.9 Å². The van der Waals surface area contributed by atoms with Gasteiger partial charge < -0.3 is 19.9 Å². The lowest BCUT2D eigenvalue weighted by atomic mass is 10.0. The molecule has 1 aliphatic heterocycles. The van der Waals surface area contributed by atoms with Gasteiger partial charge in [-0.3, -0.25) is 4.90 Å². The van der Waals surface area contributed by atoms with Crippen LogP contribution in [0.3, 0.4) is 0 Å². The second-order valence-electron chi connectivity index (χ2n) is 5.52. The molecule has 1 heterocycles. The summed E-state index contributed by atoms with van der Waals surface area (Å²) in [7, 11) is 3.32. The minimum absolute atomic E-state index is 0.0939. The van der Waals surface area contributed by atoms with E-state index in [1.165, 1.54) is 0 Å². The van der Waals surface area contributed by atoms with Crippen molar-refractivity contribution >= 4 is 0 Å². The number of hydrogen-bond acceptors (Lipinski definition) is 5. The second-order valence-corrected chi connectivity index (χ2v) is 5.52. The van der Waals surface area contributed by atoms with E-state index < -0.39 is 0 Å². The molecule has 21 heavy (non-hydrogen) atoms. The summed E-state index contributed by atoms with van der Waals surface area (Å²) in [6.45, 7) is 6.38. The van der Waals surface area contributed by atoms with Gasteiger partial charge in [0.1, 0.15) is 0 Å². The van der Waals surface area contributed by atoms with Crippen molar-refractivity contribution in [3.8, 4) is 11.5 Å². The fourth-order valence-corrected chi connectivity index (χ4v) is 2.98. The van der Waals surface area contributed by atoms with Crippen molar-refractivity contribution in [1.82, 2.24) is 4.90 Å². The third-order valence-corrected chi connectivity index (χ3v) is 4.07. The van der Waals surface area contributed by atoms with Crippen LogP contribution in [0.25, 0.3) is 0 Å². The number of methoxy groups -OCH3 is 2. The van der Waals surface area contributed by atoms with Crippen LogP contribution in [0.5, 0.6) is 11.5 Å². The third kappa shape index (κ3) is 3.31. The summed E-state index contributed by atoms with van der Waals surface area (Å²) in [4.78, 5) is 2.39. The minimum atomic E-state index is 0.0939. The average Bonchev–Trinajstić information content (AvgIpc) is 2.51. The summed E-state index contributed by atoms with van der Waals surface area (Å²) in [6, 6.07) is 6.36. The maximum atomic E-state index is 6.08. The standard InChI is InChI=1S/C16H26N2O3/c1-11-10-21-12(2)9-18(11)14(8-17)13-6-5-7-15(19-3)16(13)20-4/h5-7,11-12,14H,8-10,17H2,1-4H3. The zero-order valence-corrected chi connectivity index (χ0v) is 13.3. The van der Waals surface area contributed by atoms with Gasteiger partial charge in [0.2, 0.25) is 0 Å². The van der Waals surface area contributed by atoms with Crippen molar-refractivity contribution in [2.45, 2.75) is 32.0 Å². The molecule has 2 N–H and O–H groups in total. The molecule has 5 nitrogen and oxygen atoms in total. The first-order chi connectivity index (χ1) is 10.1. The number of ether oxygens (including phenoxy) is 3. The fourth-order valence-electron chi connectivity index (χ4n) is 2.98. The number of rotatable bonds is 5. The molecule has 0 saturated carbocycles. The third-order valence-electron chi connectivity index (χ3n) is 4.07. The molecular formula is C16H26N2O3. The summed E-state index contributed by atoms with van der Waals surface area (Å²) in [5.74, 6) is 1.50. The van der Waals surface area contributed by atoms with Gasteiger partial charge >= 0.3 is 0 Å². The highest BCUT2D eigenvalue weighted by Crippen LogP contribution is 2.37. The lowest BCUT2D eigenvalue weighted by Crippen LogP contribution is -2.50. The number of para-hydroxylation sites is 1. The van der Waals surface area contributed by atoms with Gasteiger partial charge in [0.25, 0.3) is 0 Å². The number of nitrogens with zero attached hydrogens (tertiary/aromatic N) is 1. The molecule has 1 saturated heterocycles. The summed E-state index contributed by atoms with van der Waals surface area (Å²) < 4.78 is 16.7. The Hall–Kier alpha value is -1.30. The highest BCUT2D eigenvalue weighted by Gasteiger charge is 2.31. The molecule has 5 heteroatoms. The second kappa shape index (κ2) is 7.11. The van der Waals surface area contributed by atoms with Crippen LogP contribution in [-0.4, -0.2) is 51.0 Å². The lowest BCUT2D eigenvalue weighted by Gasteiger charge is -2.42. The van der Waals surface area contributed by atoms with Crippen LogP contribution < -0.4 is 15.2 Å². The van der Waals surface area contributed by atoms with Gasteiger partial charge in [-0.15, -0.1) is 0 Å². The van der Waals surface area contributed by atoms with Gasteiger partial charge in [-0.2, -0.15) is 0 Å². The number of hydrogen-bond donors (Lipinski definition) is 1. The van der Waals surface area contributed by atoms with E-state index >= 15 is 0 Å². The molecule has 1 aromatic carbocycles. The van der Waals surface area contributed by atoms with Crippen LogP contribution in [0, 0.1) is 0 Å². The maximum Gasteiger partial charge on any atom is 0.165 e. The number of morpholine rings is 1. The van der Waals surface area contributed by atoms with Gasteiger partial charge in [0.15, 0.2) is 11.5 Å². The Morgan fingerprint density at radius 2 is 2.10 bits per heavy atom. The fraction of sp³-hybridized carbons (Fsp3) is 0.625. The molecule has 1 aromatic rings. The van der Waals surface area contributed by atoms with E-state index in [1.54, 1.807) is 14.2 Å². The molecule has 118 valence electrons. The average molecular weight is 294 g/mol. The van der Waals surface area contributed by atoms with Crippen LogP contribution in [-0.2, 0) is 4.74 Å². The van der Waals surface area contributed by atoms with E-state index in [-0.39, 0.29) is 12.1 Å². The molecule has 0 spiro atoms. The predicted molar refractivity (Wildman–Crippen MR) is 82.9 cm³/mol. The van der Waals surface area contributed by atoms with Gasteiger partial charge in [-0.05, 0) is 19.9 Å². The first-order valence-electron chi connectivity index (χ1n) is 7.40. The van der Waals surface area contributed by atoms with Crippen molar-refractivity contribution in [1.29, 1.82) is 0 Å². The SMILES string of the molecule is COc1cccc(C(CN)N2CC(C)OCC2C)c1OC. The highest BCUT2D eigenvalue weighted by atomic mass is 16.5. The Morgan fingerprint density at radius 1 is 1.33 bits per heavy atom. The zero-order valence-electron chi connectivity index (χ0n) is 13.3. The van der Waals surface area contributed by atoms with Crippen LogP contribution in [0.1, 0.15) is 25.5 Å². The van der Waals surface area contributed by atoms with E-state index in [9.17, 15) is 0 Å². The van der Waals surface area contributed by atoms with E-state index in [1.807, 2.05) is 12.1 Å². The lowest BCUT2D eigenvalue weighted by molar-refractivity contribution is -0.0656. The topological polar surface area (TPSA) is 57.0 Å². The molecule has 0 aliphatic carbocycles. The van der Waals surface area contributed by atoms with Crippen molar-refractivity contribution in [2.24, 2.45) is 5.73 Å². The van der Waals surface area contributed by atoms with Gasteiger partial charge in [-0.25, -0.2) is 0 Å². The normalized spacial score (nSPS) is 24.6. The quantitative estimate of drug-likeness (QED) is 0.897. The predicted octanol–water partition coefficient (Wildman–Crippen LogP) is 1.81. The molecular weight excluding hydrogens is 268 g/mol. The molecule has 2 rings (SSSR count). The van der Waals surface area contributed by atoms with Crippen molar-refractivity contribution in [3.63, 3.8) is 0 Å². The monoisotopic (exact) mass is 294 g/mol. The van der Waals surface area contributed by atoms with E-state index in [0.717, 1.165) is 30.2 Å². The van der Waals surface area contributed by atoms with Crippen molar-refractivity contribution < 1.29 is 14.2 Å². The van der Waals surface area contributed by atoms with Crippen LogP contribution >= 0.6 is 0 Å². The molecule has 0 bridgehead atoms. The maximum absolute atomic E-state index is 6.08. The van der Waals surface area contributed by atoms with Crippen LogP contribution in [0.2, 0.25) is 0 Å². The zero-order chi connectivity index (χ0) is 15.4. The molecule has 0 radical (unpaired) electrons. The Morgan fingerprint density at radius 3 is 2.71 bits per heavy atom. The largest absolute Gasteiger partial charge is 0.493 e. The van der Waals surface area contributed by atoms with Crippen LogP contribution in [0.4, 0.5) is 0 Å². The first-order valence-corrected chi connectivity index (χ1v) is 7.40. The Balaban J connectivity index is 2.36.